The number of carbonyl (C=O) groups excluding carboxylic acids is 4. The van der Waals surface area contributed by atoms with E-state index in [1.54, 1.807) is 12.1 Å². The Balaban J connectivity index is 1.38. The zero-order chi connectivity index (χ0) is 39.4. The van der Waals surface area contributed by atoms with E-state index in [1.807, 2.05) is 0 Å². The summed E-state index contributed by atoms with van der Waals surface area (Å²) in [5, 5.41) is 20.6. The lowest BCUT2D eigenvalue weighted by Gasteiger charge is -2.50. The number of likely N-dealkylation sites (tertiary alicyclic amines) is 1. The van der Waals surface area contributed by atoms with Gasteiger partial charge in [-0.2, -0.15) is 0 Å². The molecule has 1 saturated carbocycles. The van der Waals surface area contributed by atoms with Crippen LogP contribution < -0.4 is 9.64 Å². The second-order valence-corrected chi connectivity index (χ2v) is 14.4. The maximum Gasteiger partial charge on any atom is 0.573 e. The van der Waals surface area contributed by atoms with Crippen molar-refractivity contribution in [1.82, 2.24) is 4.90 Å². The highest BCUT2D eigenvalue weighted by atomic mass is 35.5. The molecule has 4 aliphatic rings. The van der Waals surface area contributed by atoms with Crippen LogP contribution in [0.3, 0.4) is 0 Å². The Labute approximate surface area is 308 Å². The average molecular weight is 805 g/mol. The van der Waals surface area contributed by atoms with Crippen molar-refractivity contribution in [3.63, 3.8) is 0 Å². The van der Waals surface area contributed by atoms with Gasteiger partial charge in [0.25, 0.3) is 11.8 Å². The Bertz CT molecular complexity index is 2170. The quantitative estimate of drug-likeness (QED) is 0.0729. The van der Waals surface area contributed by atoms with Gasteiger partial charge >= 0.3 is 6.36 Å². The highest BCUT2D eigenvalue weighted by molar-refractivity contribution is 6.58. The summed E-state index contributed by atoms with van der Waals surface area (Å²) in [6.07, 6.45) is -4.93. The number of fused-ring (bicyclic) bond motifs is 4. The maximum atomic E-state index is 15.2. The summed E-state index contributed by atoms with van der Waals surface area (Å²) in [5.41, 5.74) is -2.17. The Morgan fingerprint density at radius 1 is 0.815 bits per heavy atom. The van der Waals surface area contributed by atoms with E-state index in [4.69, 9.17) is 23.2 Å². The molecule has 0 bridgehead atoms. The van der Waals surface area contributed by atoms with Crippen LogP contribution in [0.1, 0.15) is 29.9 Å². The molecule has 2 heterocycles. The van der Waals surface area contributed by atoms with E-state index < -0.39 is 127 Å². The Morgan fingerprint density at radius 2 is 1.43 bits per heavy atom. The fourth-order valence-corrected chi connectivity index (χ4v) is 8.99. The van der Waals surface area contributed by atoms with Gasteiger partial charge in [-0.25, -0.2) is 26.9 Å². The number of benzene rings is 3. The van der Waals surface area contributed by atoms with Gasteiger partial charge in [0.2, 0.25) is 17.6 Å². The highest BCUT2D eigenvalue weighted by Crippen LogP contribution is 2.67. The Morgan fingerprint density at radius 3 is 2.04 bits per heavy atom. The second-order valence-electron chi connectivity index (χ2n) is 13.2. The number of alkyl halides is 5. The predicted octanol–water partition coefficient (Wildman–Crippen LogP) is 6.50. The minimum absolute atomic E-state index is 0.0332. The van der Waals surface area contributed by atoms with Crippen LogP contribution in [0.5, 0.6) is 17.2 Å². The number of carbonyl (C=O) groups is 4. The van der Waals surface area contributed by atoms with Crippen LogP contribution in [-0.2, 0) is 25.6 Å². The fraction of sp³-hybridized carbons (Fsp3) is 0.314. The third-order valence-electron chi connectivity index (χ3n) is 10.4. The van der Waals surface area contributed by atoms with Crippen molar-refractivity contribution < 1.29 is 69.3 Å². The van der Waals surface area contributed by atoms with Gasteiger partial charge in [0.15, 0.2) is 33.0 Å². The van der Waals surface area contributed by atoms with Crippen LogP contribution in [0.15, 0.2) is 54.1 Å². The van der Waals surface area contributed by atoms with Crippen molar-refractivity contribution in [3.05, 3.63) is 94.3 Å². The minimum atomic E-state index is -5.29. The van der Waals surface area contributed by atoms with Crippen LogP contribution in [-0.4, -0.2) is 61.4 Å². The lowest BCUT2D eigenvalue weighted by atomic mass is 9.56. The number of hydrogen-bond acceptors (Lipinski definition) is 7. The summed E-state index contributed by atoms with van der Waals surface area (Å²) in [4.78, 5) is 50.8. The smallest absolute Gasteiger partial charge is 0.508 e. The SMILES string of the molecule is O=C1[C@H]2[C@H](CC=C3[C@H]2C[C@@]2(Cl)C(=O)N(c4c(F)c(F)c(F)c(F)c4F)C(=O)[C@@]2(Cl)[C@H]3c2cc(OC(F)(F)F)ccc2O)C(=O)N1CCc1ccc(O)cc1. The average Bonchev–Trinajstić information content (AvgIpc) is 3.44. The summed E-state index contributed by atoms with van der Waals surface area (Å²) in [7, 11) is 0. The zero-order valence-electron chi connectivity index (χ0n) is 26.9. The van der Waals surface area contributed by atoms with Gasteiger partial charge in [0, 0.05) is 18.0 Å². The first-order valence-corrected chi connectivity index (χ1v) is 16.7. The van der Waals surface area contributed by atoms with E-state index in [-0.39, 0.29) is 30.7 Å². The number of anilines is 1. The molecule has 9 nitrogen and oxygen atoms in total. The molecule has 4 amide bonds. The molecule has 0 unspecified atom stereocenters. The number of halogens is 10. The van der Waals surface area contributed by atoms with E-state index in [2.05, 4.69) is 4.74 Å². The van der Waals surface area contributed by atoms with Crippen molar-refractivity contribution in [2.45, 2.75) is 41.3 Å². The summed E-state index contributed by atoms with van der Waals surface area (Å²) in [6, 6.07) is 7.87. The zero-order valence-corrected chi connectivity index (χ0v) is 28.4. The fourth-order valence-electron chi connectivity index (χ4n) is 8.06. The first kappa shape index (κ1) is 37.4. The second kappa shape index (κ2) is 12.6. The van der Waals surface area contributed by atoms with Gasteiger partial charge in [-0.1, -0.05) is 23.8 Å². The number of nitrogens with zero attached hydrogens (tertiary/aromatic N) is 2. The lowest BCUT2D eigenvalue weighted by molar-refractivity contribution is -0.274. The first-order chi connectivity index (χ1) is 25.2. The molecule has 2 aliphatic carbocycles. The standard InChI is InChI=1S/C35H22Cl2F8N2O7/c36-33-12-19-16(6-7-17-21(19)30(51)46(29(17)50)10-9-13-1-3-14(48)4-2-13)22(18-11-15(5-8-20(18)49)54-35(43,44)45)34(33,37)32(53)47(31(33)52)28-26(41)24(39)23(38)25(40)27(28)42/h1-6,8,11,17,19,21-22,48-49H,7,9-10,12H2/t17-,19+,21-,22+,33+,34-/m0/s1. The van der Waals surface area contributed by atoms with Crippen LogP contribution in [0.2, 0.25) is 0 Å². The van der Waals surface area contributed by atoms with E-state index in [0.29, 0.717) is 23.8 Å². The number of allylic oxidation sites excluding steroid dienone is 2. The molecule has 3 fully saturated rings. The van der Waals surface area contributed by atoms with Crippen molar-refractivity contribution >= 4 is 52.5 Å². The number of aromatic hydroxyl groups is 2. The van der Waals surface area contributed by atoms with E-state index in [1.165, 1.54) is 18.2 Å². The van der Waals surface area contributed by atoms with Gasteiger partial charge in [0.1, 0.15) is 22.9 Å². The molecular formula is C35H22Cl2F8N2O7. The third kappa shape index (κ3) is 5.33. The number of phenols is 2. The van der Waals surface area contributed by atoms with Crippen molar-refractivity contribution in [3.8, 4) is 17.2 Å². The minimum Gasteiger partial charge on any atom is -0.508 e. The van der Waals surface area contributed by atoms with Crippen LogP contribution in [0.4, 0.5) is 40.8 Å². The van der Waals surface area contributed by atoms with E-state index >= 15 is 8.78 Å². The summed E-state index contributed by atoms with van der Waals surface area (Å²) in [6.45, 7) is -0.157. The van der Waals surface area contributed by atoms with Crippen LogP contribution >= 0.6 is 23.2 Å². The number of phenolic OH excluding ortho intramolecular Hbond substituents is 2. The third-order valence-corrected chi connectivity index (χ3v) is 11.8. The van der Waals surface area contributed by atoms with E-state index in [9.17, 15) is 55.7 Å². The molecule has 0 radical (unpaired) electrons. The number of imide groups is 2. The van der Waals surface area contributed by atoms with Crippen LogP contribution in [0.25, 0.3) is 0 Å². The molecule has 3 aromatic carbocycles. The molecule has 6 atom stereocenters. The summed E-state index contributed by atoms with van der Waals surface area (Å²) >= 11 is 14.0. The molecule has 19 heteroatoms. The summed E-state index contributed by atoms with van der Waals surface area (Å²) < 4.78 is 117. The number of amides is 4. The molecule has 2 aliphatic heterocycles. The van der Waals surface area contributed by atoms with Gasteiger partial charge in [0.05, 0.1) is 11.8 Å². The van der Waals surface area contributed by atoms with Gasteiger partial charge in [-0.05, 0) is 61.1 Å². The molecule has 284 valence electrons. The molecular weight excluding hydrogens is 783 g/mol. The lowest BCUT2D eigenvalue weighted by Crippen LogP contribution is -2.60. The number of rotatable bonds is 6. The number of hydrogen-bond donors (Lipinski definition) is 2. The van der Waals surface area contributed by atoms with E-state index in [0.717, 1.165) is 4.90 Å². The van der Waals surface area contributed by atoms with Gasteiger partial charge in [-0.3, -0.25) is 24.1 Å². The highest BCUT2D eigenvalue weighted by Gasteiger charge is 2.77. The maximum absolute atomic E-state index is 15.2. The topological polar surface area (TPSA) is 124 Å². The van der Waals surface area contributed by atoms with Gasteiger partial charge in [-0.15, -0.1) is 36.4 Å². The molecule has 0 aromatic heterocycles. The predicted molar refractivity (Wildman–Crippen MR) is 170 cm³/mol. The van der Waals surface area contributed by atoms with Crippen molar-refractivity contribution in [1.29, 1.82) is 0 Å². The molecule has 54 heavy (non-hydrogen) atoms. The van der Waals surface area contributed by atoms with Gasteiger partial charge < -0.3 is 14.9 Å². The van der Waals surface area contributed by atoms with Crippen LogP contribution in [0, 0.1) is 46.8 Å². The summed E-state index contributed by atoms with van der Waals surface area (Å²) in [5.74, 6) is -25.8. The number of ether oxygens (including phenoxy) is 1. The monoisotopic (exact) mass is 804 g/mol. The molecule has 2 saturated heterocycles. The molecule has 3 aromatic rings. The molecule has 2 N–H and O–H groups in total. The first-order valence-electron chi connectivity index (χ1n) is 15.9. The molecule has 0 spiro atoms. The van der Waals surface area contributed by atoms with Crippen molar-refractivity contribution in [2.24, 2.45) is 17.8 Å². The molecule has 7 rings (SSSR count). The van der Waals surface area contributed by atoms with Crippen molar-refractivity contribution in [2.75, 3.05) is 11.4 Å². The largest absolute Gasteiger partial charge is 0.573 e. The Hall–Kier alpha value is -4.90. The normalized spacial score (nSPS) is 27.9. The Kier molecular flexibility index (Phi) is 8.72.